The molecular formula is C9H15N2O2. The van der Waals surface area contributed by atoms with Gasteiger partial charge in [-0.3, -0.25) is 4.90 Å². The minimum atomic E-state index is 0.285. The van der Waals surface area contributed by atoms with E-state index < -0.39 is 0 Å². The summed E-state index contributed by atoms with van der Waals surface area (Å²) in [5, 5.41) is 3.46. The highest BCUT2D eigenvalue weighted by Gasteiger charge is 2.44. The normalized spacial score (nSPS) is 41.5. The van der Waals surface area contributed by atoms with Crippen LogP contribution in [0.25, 0.3) is 0 Å². The lowest BCUT2D eigenvalue weighted by molar-refractivity contribution is -0.0865. The van der Waals surface area contributed by atoms with Crippen LogP contribution in [0.1, 0.15) is 6.42 Å². The van der Waals surface area contributed by atoms with Gasteiger partial charge in [0.05, 0.1) is 13.2 Å². The molecule has 3 rings (SSSR count). The van der Waals surface area contributed by atoms with Crippen molar-refractivity contribution in [3.05, 3.63) is 6.10 Å². The average molecular weight is 183 g/mol. The molecule has 13 heavy (non-hydrogen) atoms. The van der Waals surface area contributed by atoms with Gasteiger partial charge >= 0.3 is 0 Å². The molecule has 0 saturated carbocycles. The summed E-state index contributed by atoms with van der Waals surface area (Å²) in [6.07, 6.45) is 2.64. The maximum Gasteiger partial charge on any atom is 0.127 e. The van der Waals surface area contributed by atoms with Gasteiger partial charge in [0, 0.05) is 25.7 Å². The van der Waals surface area contributed by atoms with Crippen molar-refractivity contribution in [2.45, 2.75) is 18.7 Å². The van der Waals surface area contributed by atoms with Gasteiger partial charge in [0.1, 0.15) is 12.3 Å². The van der Waals surface area contributed by atoms with Crippen LogP contribution in [0.3, 0.4) is 0 Å². The van der Waals surface area contributed by atoms with E-state index in [9.17, 15) is 0 Å². The third kappa shape index (κ3) is 1.38. The highest BCUT2D eigenvalue weighted by atomic mass is 16.5. The highest BCUT2D eigenvalue weighted by Crippen LogP contribution is 2.33. The third-order valence-corrected chi connectivity index (χ3v) is 3.05. The fourth-order valence-corrected chi connectivity index (χ4v) is 2.34. The van der Waals surface area contributed by atoms with Crippen molar-refractivity contribution in [1.82, 2.24) is 10.2 Å². The Labute approximate surface area is 78.2 Å². The lowest BCUT2D eigenvalue weighted by atomic mass is 10.2. The third-order valence-electron chi connectivity index (χ3n) is 3.05. The molecule has 3 fully saturated rings. The summed E-state index contributed by atoms with van der Waals surface area (Å²) >= 11 is 0. The molecular weight excluding hydrogens is 168 g/mol. The molecule has 3 saturated heterocycles. The Hall–Kier alpha value is -0.160. The van der Waals surface area contributed by atoms with Gasteiger partial charge in [-0.25, -0.2) is 0 Å². The fourth-order valence-electron chi connectivity index (χ4n) is 2.34. The Bertz CT molecular complexity index is 194. The van der Waals surface area contributed by atoms with E-state index in [0.29, 0.717) is 6.04 Å². The van der Waals surface area contributed by atoms with Gasteiger partial charge < -0.3 is 14.8 Å². The van der Waals surface area contributed by atoms with Gasteiger partial charge in [0.25, 0.3) is 0 Å². The second-order valence-corrected chi connectivity index (χ2v) is 3.89. The summed E-state index contributed by atoms with van der Waals surface area (Å²) in [7, 11) is 0. The molecule has 2 atom stereocenters. The molecule has 3 aliphatic heterocycles. The molecule has 4 nitrogen and oxygen atoms in total. The van der Waals surface area contributed by atoms with Crippen LogP contribution in [0.2, 0.25) is 0 Å². The second-order valence-electron chi connectivity index (χ2n) is 3.89. The van der Waals surface area contributed by atoms with Crippen LogP contribution in [-0.4, -0.2) is 50.0 Å². The van der Waals surface area contributed by atoms with E-state index in [-0.39, 0.29) is 6.23 Å². The van der Waals surface area contributed by atoms with Crippen molar-refractivity contribution >= 4 is 0 Å². The number of hydrogen-bond acceptors (Lipinski definition) is 4. The summed E-state index contributed by atoms with van der Waals surface area (Å²) < 4.78 is 11.1. The van der Waals surface area contributed by atoms with Crippen LogP contribution >= 0.6 is 0 Å². The Morgan fingerprint density at radius 1 is 1.31 bits per heavy atom. The van der Waals surface area contributed by atoms with Crippen molar-refractivity contribution < 1.29 is 9.47 Å². The minimum Gasteiger partial charge on any atom is -0.379 e. The second kappa shape index (κ2) is 3.20. The lowest BCUT2D eigenvalue weighted by Crippen LogP contribution is -2.52. The molecule has 1 radical (unpaired) electrons. The van der Waals surface area contributed by atoms with E-state index >= 15 is 0 Å². The van der Waals surface area contributed by atoms with E-state index in [2.05, 4.69) is 10.2 Å². The van der Waals surface area contributed by atoms with Crippen molar-refractivity contribution in [3.63, 3.8) is 0 Å². The monoisotopic (exact) mass is 183 g/mol. The fraction of sp³-hybridized carbons (Fsp3) is 0.889. The molecule has 2 bridgehead atoms. The maximum absolute atomic E-state index is 5.82. The number of fused-ring (bicyclic) bond motifs is 2. The molecule has 3 heterocycles. The first-order chi connectivity index (χ1) is 6.43. The van der Waals surface area contributed by atoms with Gasteiger partial charge in [-0.05, 0) is 6.42 Å². The summed E-state index contributed by atoms with van der Waals surface area (Å²) in [5.74, 6) is 0. The lowest BCUT2D eigenvalue weighted by Gasteiger charge is -2.36. The van der Waals surface area contributed by atoms with Gasteiger partial charge in [0.2, 0.25) is 0 Å². The summed E-state index contributed by atoms with van der Waals surface area (Å²) in [6.45, 7) is 4.68. The van der Waals surface area contributed by atoms with E-state index in [4.69, 9.17) is 9.47 Å². The maximum atomic E-state index is 5.82. The molecule has 0 amide bonds. The van der Waals surface area contributed by atoms with Crippen LogP contribution in [0, 0.1) is 6.10 Å². The summed E-state index contributed by atoms with van der Waals surface area (Å²) in [6, 6.07) is 0.535. The van der Waals surface area contributed by atoms with Crippen molar-refractivity contribution in [2.24, 2.45) is 0 Å². The summed E-state index contributed by atoms with van der Waals surface area (Å²) in [4.78, 5) is 2.38. The number of morpholine rings is 2. The van der Waals surface area contributed by atoms with Crippen LogP contribution in [0.4, 0.5) is 0 Å². The topological polar surface area (TPSA) is 33.7 Å². The number of ether oxygens (including phenoxy) is 2. The van der Waals surface area contributed by atoms with Crippen LogP contribution in [-0.2, 0) is 9.47 Å². The molecule has 0 spiro atoms. The molecule has 3 aliphatic rings. The van der Waals surface area contributed by atoms with Gasteiger partial charge in [-0.1, -0.05) is 0 Å². The zero-order chi connectivity index (χ0) is 8.67. The Morgan fingerprint density at radius 2 is 2.15 bits per heavy atom. The van der Waals surface area contributed by atoms with Crippen LogP contribution in [0.15, 0.2) is 0 Å². The standard InChI is InChI=1S/C9H15N2O2/c1-3-12-4-2-11(1)9-8-5-7(13-9)6-10-8/h8-10H,1-6H2. The zero-order valence-electron chi connectivity index (χ0n) is 7.66. The molecule has 0 aromatic carbocycles. The number of rotatable bonds is 1. The first-order valence-electron chi connectivity index (χ1n) is 5.00. The molecule has 0 aliphatic carbocycles. The van der Waals surface area contributed by atoms with Crippen molar-refractivity contribution in [2.75, 3.05) is 32.8 Å². The predicted octanol–water partition coefficient (Wildman–Crippen LogP) is -0.431. The molecule has 0 aromatic heterocycles. The molecule has 4 heteroatoms. The van der Waals surface area contributed by atoms with E-state index in [1.165, 1.54) is 6.10 Å². The smallest absolute Gasteiger partial charge is 0.127 e. The minimum absolute atomic E-state index is 0.285. The van der Waals surface area contributed by atoms with Gasteiger partial charge in [-0.15, -0.1) is 0 Å². The van der Waals surface area contributed by atoms with E-state index in [1.807, 2.05) is 0 Å². The van der Waals surface area contributed by atoms with Crippen LogP contribution < -0.4 is 5.32 Å². The van der Waals surface area contributed by atoms with Gasteiger partial charge in [-0.2, -0.15) is 0 Å². The SMILES string of the molecule is C1CN(C2O[C]3CNC2C3)CCO1. The van der Waals surface area contributed by atoms with Crippen molar-refractivity contribution in [3.8, 4) is 0 Å². The molecule has 1 N–H and O–H groups in total. The molecule has 2 unspecified atom stereocenters. The first kappa shape index (κ1) is 8.17. The van der Waals surface area contributed by atoms with Gasteiger partial charge in [0.15, 0.2) is 0 Å². The highest BCUT2D eigenvalue weighted by molar-refractivity contribution is 5.05. The summed E-state index contributed by atoms with van der Waals surface area (Å²) in [5.41, 5.74) is 0. The Balaban J connectivity index is 1.65. The number of hydrogen-bond donors (Lipinski definition) is 1. The largest absolute Gasteiger partial charge is 0.379 e. The quantitative estimate of drug-likeness (QED) is 0.598. The first-order valence-corrected chi connectivity index (χ1v) is 5.00. The predicted molar refractivity (Wildman–Crippen MR) is 46.9 cm³/mol. The Kier molecular flexibility index (Phi) is 2.01. The van der Waals surface area contributed by atoms with Crippen LogP contribution in [0.5, 0.6) is 0 Å². The zero-order valence-corrected chi connectivity index (χ0v) is 7.66. The van der Waals surface area contributed by atoms with E-state index in [0.717, 1.165) is 39.3 Å². The number of nitrogens with zero attached hydrogens (tertiary/aromatic N) is 1. The number of nitrogens with one attached hydrogen (secondary N) is 1. The average Bonchev–Trinajstić information content (AvgIpc) is 2.80. The molecule has 0 aromatic rings. The molecule has 73 valence electrons. The van der Waals surface area contributed by atoms with E-state index in [1.54, 1.807) is 0 Å². The Morgan fingerprint density at radius 3 is 2.77 bits per heavy atom. The van der Waals surface area contributed by atoms with Crippen molar-refractivity contribution in [1.29, 1.82) is 0 Å².